The third kappa shape index (κ3) is 2.21. The maximum absolute atomic E-state index is 11.5. The summed E-state index contributed by atoms with van der Waals surface area (Å²) in [7, 11) is 0. The van der Waals surface area contributed by atoms with Crippen LogP contribution in [-0.4, -0.2) is 17.0 Å². The zero-order chi connectivity index (χ0) is 11.7. The van der Waals surface area contributed by atoms with Crippen LogP contribution >= 0.6 is 0 Å². The molecule has 1 amide bonds. The van der Waals surface area contributed by atoms with Crippen LogP contribution in [-0.2, 0) is 4.79 Å². The number of amides is 1. The van der Waals surface area contributed by atoms with Crippen LogP contribution in [0.3, 0.4) is 0 Å². The van der Waals surface area contributed by atoms with Gasteiger partial charge in [-0.1, -0.05) is 0 Å². The Balaban J connectivity index is 2.14. The number of benzene rings is 1. The van der Waals surface area contributed by atoms with Crippen LogP contribution < -0.4 is 5.32 Å². The van der Waals surface area contributed by atoms with Gasteiger partial charge in [0.2, 0.25) is 5.91 Å². The molecule has 1 aromatic rings. The Morgan fingerprint density at radius 3 is 2.56 bits per heavy atom. The average molecular weight is 219 g/mol. The Hall–Kier alpha value is -1.84. The first-order chi connectivity index (χ1) is 7.58. The Morgan fingerprint density at radius 2 is 2.06 bits per heavy atom. The van der Waals surface area contributed by atoms with Crippen LogP contribution in [0.5, 0.6) is 0 Å². The van der Waals surface area contributed by atoms with Crippen LogP contribution in [0.1, 0.15) is 28.8 Å². The second kappa shape index (κ2) is 3.96. The monoisotopic (exact) mass is 219 g/mol. The van der Waals surface area contributed by atoms with Crippen molar-refractivity contribution in [3.8, 4) is 0 Å². The van der Waals surface area contributed by atoms with Gasteiger partial charge in [0.05, 0.1) is 5.56 Å². The lowest BCUT2D eigenvalue weighted by Gasteiger charge is -2.06. The minimum atomic E-state index is -0.947. The number of rotatable bonds is 3. The molecule has 0 aromatic heterocycles. The lowest BCUT2D eigenvalue weighted by atomic mass is 10.1. The fourth-order valence-electron chi connectivity index (χ4n) is 1.57. The van der Waals surface area contributed by atoms with E-state index in [9.17, 15) is 9.59 Å². The molecular weight excluding hydrogens is 206 g/mol. The zero-order valence-corrected chi connectivity index (χ0v) is 8.99. The fraction of sp³-hybridized carbons (Fsp3) is 0.333. The van der Waals surface area contributed by atoms with Crippen molar-refractivity contribution < 1.29 is 14.7 Å². The smallest absolute Gasteiger partial charge is 0.335 e. The Labute approximate surface area is 93.3 Å². The number of aromatic carboxylic acids is 1. The van der Waals surface area contributed by atoms with Gasteiger partial charge < -0.3 is 10.4 Å². The van der Waals surface area contributed by atoms with Gasteiger partial charge in [0.1, 0.15) is 0 Å². The summed E-state index contributed by atoms with van der Waals surface area (Å²) in [5.74, 6) is -0.764. The number of hydrogen-bond donors (Lipinski definition) is 2. The van der Waals surface area contributed by atoms with Crippen LogP contribution in [0.15, 0.2) is 18.2 Å². The highest BCUT2D eigenvalue weighted by Gasteiger charge is 2.29. The molecule has 16 heavy (non-hydrogen) atoms. The van der Waals surface area contributed by atoms with E-state index in [2.05, 4.69) is 5.32 Å². The molecular formula is C12H13NO3. The van der Waals surface area contributed by atoms with Gasteiger partial charge in [-0.3, -0.25) is 4.79 Å². The number of anilines is 1. The first-order valence-corrected chi connectivity index (χ1v) is 5.23. The maximum Gasteiger partial charge on any atom is 0.335 e. The van der Waals surface area contributed by atoms with Gasteiger partial charge in [-0.15, -0.1) is 0 Å². The second-order valence-electron chi connectivity index (χ2n) is 4.10. The van der Waals surface area contributed by atoms with Crippen molar-refractivity contribution in [3.63, 3.8) is 0 Å². The minimum absolute atomic E-state index is 0.0301. The lowest BCUT2D eigenvalue weighted by Crippen LogP contribution is -2.13. The van der Waals surface area contributed by atoms with Crippen LogP contribution in [0.25, 0.3) is 0 Å². The largest absolute Gasteiger partial charge is 0.478 e. The topological polar surface area (TPSA) is 66.4 Å². The van der Waals surface area contributed by atoms with Crippen molar-refractivity contribution in [1.29, 1.82) is 0 Å². The molecule has 0 atom stereocenters. The quantitative estimate of drug-likeness (QED) is 0.817. The van der Waals surface area contributed by atoms with Gasteiger partial charge >= 0.3 is 5.97 Å². The summed E-state index contributed by atoms with van der Waals surface area (Å²) < 4.78 is 0. The van der Waals surface area contributed by atoms with E-state index in [0.29, 0.717) is 11.3 Å². The van der Waals surface area contributed by atoms with E-state index in [1.165, 1.54) is 6.07 Å². The van der Waals surface area contributed by atoms with E-state index in [1.54, 1.807) is 19.1 Å². The van der Waals surface area contributed by atoms with Gasteiger partial charge in [0.15, 0.2) is 0 Å². The Bertz CT molecular complexity index is 450. The van der Waals surface area contributed by atoms with Crippen molar-refractivity contribution >= 4 is 17.6 Å². The van der Waals surface area contributed by atoms with Crippen molar-refractivity contribution in [2.45, 2.75) is 19.8 Å². The molecule has 0 bridgehead atoms. The molecule has 1 fully saturated rings. The third-order valence-electron chi connectivity index (χ3n) is 2.67. The molecule has 84 valence electrons. The number of carbonyl (C=O) groups is 2. The van der Waals surface area contributed by atoms with Crippen molar-refractivity contribution in [3.05, 3.63) is 29.3 Å². The highest BCUT2D eigenvalue weighted by Crippen LogP contribution is 2.30. The van der Waals surface area contributed by atoms with E-state index >= 15 is 0 Å². The highest BCUT2D eigenvalue weighted by atomic mass is 16.4. The average Bonchev–Trinajstić information content (AvgIpc) is 2.99. The maximum atomic E-state index is 11.5. The molecule has 2 N–H and O–H groups in total. The molecule has 0 unspecified atom stereocenters. The number of carboxylic acid groups (broad SMARTS) is 1. The number of carboxylic acids is 1. The van der Waals surface area contributed by atoms with Crippen LogP contribution in [0.4, 0.5) is 5.69 Å². The molecule has 2 rings (SSSR count). The molecule has 0 saturated heterocycles. The van der Waals surface area contributed by atoms with Crippen molar-refractivity contribution in [1.82, 2.24) is 0 Å². The first-order valence-electron chi connectivity index (χ1n) is 5.23. The number of carbonyl (C=O) groups excluding carboxylic acids is 1. The highest BCUT2D eigenvalue weighted by molar-refractivity contribution is 5.95. The van der Waals surface area contributed by atoms with E-state index < -0.39 is 5.97 Å². The van der Waals surface area contributed by atoms with Gasteiger partial charge in [0.25, 0.3) is 0 Å². The third-order valence-corrected chi connectivity index (χ3v) is 2.67. The summed E-state index contributed by atoms with van der Waals surface area (Å²) in [5, 5.41) is 11.6. The minimum Gasteiger partial charge on any atom is -0.478 e. The SMILES string of the molecule is Cc1cc(NC(=O)C2CC2)ccc1C(=O)O. The standard InChI is InChI=1S/C12H13NO3/c1-7-6-9(4-5-10(7)12(15)16)13-11(14)8-2-3-8/h4-6,8H,2-3H2,1H3,(H,13,14)(H,15,16). The summed E-state index contributed by atoms with van der Waals surface area (Å²) in [5.41, 5.74) is 1.59. The Kier molecular flexibility index (Phi) is 2.64. The molecule has 1 aromatic carbocycles. The number of hydrogen-bond acceptors (Lipinski definition) is 2. The van der Waals surface area contributed by atoms with Gasteiger partial charge in [-0.05, 0) is 43.5 Å². The zero-order valence-electron chi connectivity index (χ0n) is 8.99. The van der Waals surface area contributed by atoms with E-state index in [1.807, 2.05) is 0 Å². The molecule has 4 heteroatoms. The first kappa shape index (κ1) is 10.7. The van der Waals surface area contributed by atoms with Crippen LogP contribution in [0.2, 0.25) is 0 Å². The molecule has 0 aliphatic heterocycles. The van der Waals surface area contributed by atoms with E-state index in [0.717, 1.165) is 12.8 Å². The van der Waals surface area contributed by atoms with Gasteiger partial charge in [0, 0.05) is 11.6 Å². The van der Waals surface area contributed by atoms with Crippen molar-refractivity contribution in [2.24, 2.45) is 5.92 Å². The van der Waals surface area contributed by atoms with Crippen molar-refractivity contribution in [2.75, 3.05) is 5.32 Å². The molecule has 0 spiro atoms. The predicted octanol–water partition coefficient (Wildman–Crippen LogP) is 2.04. The van der Waals surface area contributed by atoms with E-state index in [4.69, 9.17) is 5.11 Å². The summed E-state index contributed by atoms with van der Waals surface area (Å²) in [6.45, 7) is 1.72. The molecule has 4 nitrogen and oxygen atoms in total. The normalized spacial score (nSPS) is 14.6. The van der Waals surface area contributed by atoms with E-state index in [-0.39, 0.29) is 17.4 Å². The lowest BCUT2D eigenvalue weighted by molar-refractivity contribution is -0.117. The fourth-order valence-corrected chi connectivity index (χ4v) is 1.57. The predicted molar refractivity (Wildman–Crippen MR) is 59.5 cm³/mol. The van der Waals surface area contributed by atoms with Gasteiger partial charge in [-0.25, -0.2) is 4.79 Å². The summed E-state index contributed by atoms with van der Waals surface area (Å²) in [6, 6.07) is 4.82. The molecule has 1 aliphatic carbocycles. The molecule has 1 aliphatic rings. The number of aryl methyl sites for hydroxylation is 1. The summed E-state index contributed by atoms with van der Waals surface area (Å²) >= 11 is 0. The molecule has 0 heterocycles. The second-order valence-corrected chi connectivity index (χ2v) is 4.10. The summed E-state index contributed by atoms with van der Waals surface area (Å²) in [4.78, 5) is 22.3. The number of nitrogens with one attached hydrogen (secondary N) is 1. The molecule has 0 radical (unpaired) electrons. The van der Waals surface area contributed by atoms with Crippen LogP contribution in [0, 0.1) is 12.8 Å². The summed E-state index contributed by atoms with van der Waals surface area (Å²) in [6.07, 6.45) is 1.91. The van der Waals surface area contributed by atoms with Gasteiger partial charge in [-0.2, -0.15) is 0 Å². The molecule has 1 saturated carbocycles. The Morgan fingerprint density at radius 1 is 1.38 bits per heavy atom.